The van der Waals surface area contributed by atoms with Gasteiger partial charge in [0.1, 0.15) is 0 Å². The Kier molecular flexibility index (Phi) is 5.36. The van der Waals surface area contributed by atoms with Crippen LogP contribution in [-0.2, 0) is 6.54 Å². The molecule has 1 aromatic rings. The van der Waals surface area contributed by atoms with Crippen molar-refractivity contribution in [2.75, 3.05) is 27.2 Å². The summed E-state index contributed by atoms with van der Waals surface area (Å²) < 4.78 is 0. The first kappa shape index (κ1) is 15.2. The van der Waals surface area contributed by atoms with Crippen LogP contribution >= 0.6 is 0 Å². The van der Waals surface area contributed by atoms with Gasteiger partial charge in [-0.2, -0.15) is 0 Å². The van der Waals surface area contributed by atoms with Gasteiger partial charge in [0.05, 0.1) is 0 Å². The van der Waals surface area contributed by atoms with Gasteiger partial charge in [-0.25, -0.2) is 0 Å². The normalized spacial score (nSPS) is 12.2. The van der Waals surface area contributed by atoms with Crippen molar-refractivity contribution in [1.82, 2.24) is 10.2 Å². The Morgan fingerprint density at radius 3 is 2.44 bits per heavy atom. The number of hydrogen-bond acceptors (Lipinski definition) is 2. The zero-order valence-corrected chi connectivity index (χ0v) is 12.8. The van der Waals surface area contributed by atoms with Crippen molar-refractivity contribution >= 4 is 0 Å². The summed E-state index contributed by atoms with van der Waals surface area (Å²) in [6.07, 6.45) is 0. The van der Waals surface area contributed by atoms with Gasteiger partial charge in [0.2, 0.25) is 0 Å². The second-order valence-electron chi connectivity index (χ2n) is 6.36. The predicted molar refractivity (Wildman–Crippen MR) is 80.0 cm³/mol. The molecular weight excluding hydrogens is 220 g/mol. The molecule has 0 fully saturated rings. The van der Waals surface area contributed by atoms with E-state index in [9.17, 15) is 0 Å². The Morgan fingerprint density at radius 2 is 1.83 bits per heavy atom. The number of aryl methyl sites for hydroxylation is 1. The number of benzene rings is 1. The Morgan fingerprint density at radius 1 is 1.17 bits per heavy atom. The van der Waals surface area contributed by atoms with E-state index in [-0.39, 0.29) is 0 Å². The third kappa shape index (κ3) is 4.79. The molecule has 0 amide bonds. The first-order chi connectivity index (χ1) is 8.32. The summed E-state index contributed by atoms with van der Waals surface area (Å²) in [7, 11) is 4.26. The Labute approximate surface area is 112 Å². The Hall–Kier alpha value is -0.860. The lowest BCUT2D eigenvalue weighted by molar-refractivity contribution is 0.232. The second kappa shape index (κ2) is 6.35. The third-order valence-corrected chi connectivity index (χ3v) is 3.38. The number of nitrogens with zero attached hydrogens (tertiary/aromatic N) is 1. The lowest BCUT2D eigenvalue weighted by atomic mass is 9.92. The quantitative estimate of drug-likeness (QED) is 0.832. The van der Waals surface area contributed by atoms with Gasteiger partial charge in [0.25, 0.3) is 0 Å². The van der Waals surface area contributed by atoms with Crippen molar-refractivity contribution in [3.63, 3.8) is 0 Å². The summed E-state index contributed by atoms with van der Waals surface area (Å²) in [5.41, 5.74) is 4.51. The number of hydrogen-bond donors (Lipinski definition) is 1. The van der Waals surface area contributed by atoms with E-state index in [1.165, 1.54) is 16.7 Å². The lowest BCUT2D eigenvalue weighted by Crippen LogP contribution is -2.37. The molecule has 0 saturated carbocycles. The zero-order valence-electron chi connectivity index (χ0n) is 12.8. The monoisotopic (exact) mass is 248 g/mol. The maximum absolute atomic E-state index is 3.59. The maximum Gasteiger partial charge on any atom is 0.0208 e. The minimum Gasteiger partial charge on any atom is -0.312 e. The minimum absolute atomic E-state index is 0.307. The topological polar surface area (TPSA) is 15.3 Å². The van der Waals surface area contributed by atoms with Crippen LogP contribution in [0, 0.1) is 19.3 Å². The van der Waals surface area contributed by atoms with Crippen LogP contribution in [0.1, 0.15) is 30.5 Å². The largest absolute Gasteiger partial charge is 0.312 e. The summed E-state index contributed by atoms with van der Waals surface area (Å²) in [5, 5.41) is 3.59. The highest BCUT2D eigenvalue weighted by molar-refractivity contribution is 5.32. The molecule has 0 aliphatic heterocycles. The highest BCUT2D eigenvalue weighted by Gasteiger charge is 2.18. The average molecular weight is 248 g/mol. The van der Waals surface area contributed by atoms with Gasteiger partial charge in [0, 0.05) is 19.6 Å². The van der Waals surface area contributed by atoms with Crippen molar-refractivity contribution in [3.8, 4) is 0 Å². The summed E-state index contributed by atoms with van der Waals surface area (Å²) in [6, 6.07) is 6.54. The van der Waals surface area contributed by atoms with Gasteiger partial charge in [-0.15, -0.1) is 0 Å². The average Bonchev–Trinajstić information content (AvgIpc) is 2.22. The van der Waals surface area contributed by atoms with Crippen LogP contribution in [0.3, 0.4) is 0 Å². The molecule has 1 rings (SSSR count). The first-order valence-corrected chi connectivity index (χ1v) is 6.72. The standard InChI is InChI=1S/C16H28N2/c1-13-8-7-9-15(14(13)2)10-17-11-16(3,4)12-18(5)6/h7-9,17H,10-12H2,1-6H3. The van der Waals surface area contributed by atoms with Crippen molar-refractivity contribution in [2.45, 2.75) is 34.2 Å². The Bertz CT molecular complexity index is 381. The van der Waals surface area contributed by atoms with Crippen LogP contribution in [0.5, 0.6) is 0 Å². The maximum atomic E-state index is 3.59. The fourth-order valence-corrected chi connectivity index (χ4v) is 2.45. The molecule has 2 nitrogen and oxygen atoms in total. The SMILES string of the molecule is Cc1cccc(CNCC(C)(C)CN(C)C)c1C. The molecule has 18 heavy (non-hydrogen) atoms. The zero-order chi connectivity index (χ0) is 13.8. The van der Waals surface area contributed by atoms with Crippen molar-refractivity contribution in [3.05, 3.63) is 34.9 Å². The van der Waals surface area contributed by atoms with Crippen LogP contribution in [-0.4, -0.2) is 32.1 Å². The molecule has 0 unspecified atom stereocenters. The molecule has 102 valence electrons. The molecule has 1 N–H and O–H groups in total. The molecule has 0 radical (unpaired) electrons. The predicted octanol–water partition coefficient (Wildman–Crippen LogP) is 2.98. The highest BCUT2D eigenvalue weighted by atomic mass is 15.1. The van der Waals surface area contributed by atoms with Gasteiger partial charge in [-0.05, 0) is 50.0 Å². The van der Waals surface area contributed by atoms with E-state index >= 15 is 0 Å². The van der Waals surface area contributed by atoms with Crippen LogP contribution in [0.2, 0.25) is 0 Å². The fourth-order valence-electron chi connectivity index (χ4n) is 2.45. The number of nitrogens with one attached hydrogen (secondary N) is 1. The van der Waals surface area contributed by atoms with Crippen LogP contribution in [0.4, 0.5) is 0 Å². The summed E-state index contributed by atoms with van der Waals surface area (Å²) in [5.74, 6) is 0. The van der Waals surface area contributed by atoms with E-state index in [0.29, 0.717) is 5.41 Å². The molecule has 2 heteroatoms. The molecule has 0 bridgehead atoms. The van der Waals surface area contributed by atoms with E-state index in [0.717, 1.165) is 19.6 Å². The number of rotatable bonds is 6. The molecule has 0 heterocycles. The first-order valence-electron chi connectivity index (χ1n) is 6.72. The molecular formula is C16H28N2. The van der Waals surface area contributed by atoms with Gasteiger partial charge >= 0.3 is 0 Å². The molecule has 1 aromatic carbocycles. The Balaban J connectivity index is 2.49. The lowest BCUT2D eigenvalue weighted by Gasteiger charge is -2.28. The van der Waals surface area contributed by atoms with Crippen LogP contribution < -0.4 is 5.32 Å². The van der Waals surface area contributed by atoms with E-state index in [4.69, 9.17) is 0 Å². The highest BCUT2D eigenvalue weighted by Crippen LogP contribution is 2.16. The molecule has 0 aliphatic carbocycles. The van der Waals surface area contributed by atoms with E-state index in [1.54, 1.807) is 0 Å². The minimum atomic E-state index is 0.307. The second-order valence-corrected chi connectivity index (χ2v) is 6.36. The van der Waals surface area contributed by atoms with Crippen LogP contribution in [0.15, 0.2) is 18.2 Å². The van der Waals surface area contributed by atoms with Crippen LogP contribution in [0.25, 0.3) is 0 Å². The molecule has 0 atom stereocenters. The smallest absolute Gasteiger partial charge is 0.0208 e. The summed E-state index contributed by atoms with van der Waals surface area (Å²) >= 11 is 0. The van der Waals surface area contributed by atoms with Crippen molar-refractivity contribution < 1.29 is 0 Å². The molecule has 0 saturated heterocycles. The summed E-state index contributed by atoms with van der Waals surface area (Å²) in [4.78, 5) is 2.25. The third-order valence-electron chi connectivity index (χ3n) is 3.38. The van der Waals surface area contributed by atoms with Gasteiger partial charge in [0.15, 0.2) is 0 Å². The van der Waals surface area contributed by atoms with Gasteiger partial charge < -0.3 is 10.2 Å². The van der Waals surface area contributed by atoms with Crippen molar-refractivity contribution in [2.24, 2.45) is 5.41 Å². The van der Waals surface area contributed by atoms with E-state index < -0.39 is 0 Å². The fraction of sp³-hybridized carbons (Fsp3) is 0.625. The molecule has 0 aliphatic rings. The molecule has 0 aromatic heterocycles. The van der Waals surface area contributed by atoms with Crippen molar-refractivity contribution in [1.29, 1.82) is 0 Å². The van der Waals surface area contributed by atoms with Gasteiger partial charge in [-0.1, -0.05) is 32.0 Å². The van der Waals surface area contributed by atoms with E-state index in [2.05, 4.69) is 70.2 Å². The molecule has 0 spiro atoms. The van der Waals surface area contributed by atoms with Gasteiger partial charge in [-0.3, -0.25) is 0 Å². The summed E-state index contributed by atoms with van der Waals surface area (Å²) in [6.45, 7) is 12.1. The van der Waals surface area contributed by atoms with E-state index in [1.807, 2.05) is 0 Å².